The second-order valence-corrected chi connectivity index (χ2v) is 7.61. The Balaban J connectivity index is 1.70. The molecule has 0 atom stereocenters. The van der Waals surface area contributed by atoms with E-state index in [0.717, 1.165) is 0 Å². The van der Waals surface area contributed by atoms with Gasteiger partial charge in [-0.1, -0.05) is 19.9 Å². The standard InChI is InChI=1S/C18H19N3O6S/c1-3-21(4-2)28(23,24)14-8-5-7-13(11-14)18(22)26-12-16-19-20-17(27-16)15-9-6-10-25-15/h5-11H,3-4,12H2,1-2H3. The topological polar surface area (TPSA) is 116 Å². The van der Waals surface area contributed by atoms with Crippen molar-refractivity contribution in [2.75, 3.05) is 13.1 Å². The maximum absolute atomic E-state index is 12.6. The number of hydrogen-bond donors (Lipinski definition) is 0. The van der Waals surface area contributed by atoms with E-state index in [1.807, 2.05) is 0 Å². The molecule has 3 aromatic rings. The lowest BCUT2D eigenvalue weighted by molar-refractivity contribution is 0.0438. The lowest BCUT2D eigenvalue weighted by Crippen LogP contribution is -2.30. The van der Waals surface area contributed by atoms with Crippen molar-refractivity contribution >= 4 is 16.0 Å². The van der Waals surface area contributed by atoms with Gasteiger partial charge in [-0.15, -0.1) is 10.2 Å². The zero-order chi connectivity index (χ0) is 20.1. The van der Waals surface area contributed by atoms with Gasteiger partial charge in [0, 0.05) is 13.1 Å². The van der Waals surface area contributed by atoms with Crippen LogP contribution in [0.4, 0.5) is 0 Å². The van der Waals surface area contributed by atoms with E-state index in [-0.39, 0.29) is 28.8 Å². The second kappa shape index (κ2) is 8.36. The molecule has 0 saturated heterocycles. The number of carbonyl (C=O) groups excluding carboxylic acids is 1. The first kappa shape index (κ1) is 19.8. The van der Waals surface area contributed by atoms with Crippen molar-refractivity contribution in [1.82, 2.24) is 14.5 Å². The predicted molar refractivity (Wildman–Crippen MR) is 97.7 cm³/mol. The van der Waals surface area contributed by atoms with Crippen LogP contribution in [-0.2, 0) is 21.4 Å². The Labute approximate surface area is 162 Å². The van der Waals surface area contributed by atoms with Gasteiger partial charge in [0.1, 0.15) is 0 Å². The minimum Gasteiger partial charge on any atom is -0.459 e. The summed E-state index contributed by atoms with van der Waals surface area (Å²) in [5, 5.41) is 7.59. The van der Waals surface area contributed by atoms with E-state index in [1.165, 1.54) is 34.8 Å². The predicted octanol–water partition coefficient (Wildman–Crippen LogP) is 2.72. The van der Waals surface area contributed by atoms with Gasteiger partial charge in [-0.2, -0.15) is 4.31 Å². The van der Waals surface area contributed by atoms with Crippen molar-refractivity contribution in [3.05, 3.63) is 54.1 Å². The third-order valence-electron chi connectivity index (χ3n) is 3.94. The summed E-state index contributed by atoms with van der Waals surface area (Å²) in [5.41, 5.74) is 0.110. The van der Waals surface area contributed by atoms with Crippen LogP contribution < -0.4 is 0 Å². The fourth-order valence-electron chi connectivity index (χ4n) is 2.52. The minimum atomic E-state index is -3.67. The highest BCUT2D eigenvalue weighted by molar-refractivity contribution is 7.89. The quantitative estimate of drug-likeness (QED) is 0.525. The summed E-state index contributed by atoms with van der Waals surface area (Å²) in [6.45, 7) is 3.92. The van der Waals surface area contributed by atoms with Crippen molar-refractivity contribution in [2.24, 2.45) is 0 Å². The van der Waals surface area contributed by atoms with Crippen LogP contribution in [0.25, 0.3) is 11.7 Å². The van der Waals surface area contributed by atoms with Crippen molar-refractivity contribution in [2.45, 2.75) is 25.3 Å². The number of furan rings is 1. The van der Waals surface area contributed by atoms with Crippen molar-refractivity contribution < 1.29 is 26.8 Å². The maximum atomic E-state index is 12.6. The molecule has 0 spiro atoms. The summed E-state index contributed by atoms with van der Waals surface area (Å²) in [4.78, 5) is 12.3. The Hall–Kier alpha value is -2.98. The number of rotatable bonds is 8. The zero-order valence-electron chi connectivity index (χ0n) is 15.4. The number of carbonyl (C=O) groups is 1. The Morgan fingerprint density at radius 3 is 2.61 bits per heavy atom. The molecule has 0 amide bonds. The molecule has 0 radical (unpaired) electrons. The molecule has 28 heavy (non-hydrogen) atoms. The fourth-order valence-corrected chi connectivity index (χ4v) is 4.02. The molecule has 1 aromatic carbocycles. The van der Waals surface area contributed by atoms with Crippen molar-refractivity contribution in [3.63, 3.8) is 0 Å². The molecular formula is C18H19N3O6S. The number of aromatic nitrogens is 2. The second-order valence-electron chi connectivity index (χ2n) is 5.67. The molecule has 0 fully saturated rings. The third kappa shape index (κ3) is 4.12. The fraction of sp³-hybridized carbons (Fsp3) is 0.278. The highest BCUT2D eigenvalue weighted by Crippen LogP contribution is 2.20. The largest absolute Gasteiger partial charge is 0.459 e. The molecule has 2 aromatic heterocycles. The number of esters is 1. The summed E-state index contributed by atoms with van der Waals surface area (Å²) < 4.78 is 42.2. The summed E-state index contributed by atoms with van der Waals surface area (Å²) in [5.74, 6) is -0.0382. The summed E-state index contributed by atoms with van der Waals surface area (Å²) in [6.07, 6.45) is 1.47. The maximum Gasteiger partial charge on any atom is 0.338 e. The van der Waals surface area contributed by atoms with E-state index in [0.29, 0.717) is 18.8 Å². The highest BCUT2D eigenvalue weighted by Gasteiger charge is 2.23. The van der Waals surface area contributed by atoms with Gasteiger partial charge in [-0.25, -0.2) is 13.2 Å². The molecule has 148 valence electrons. The van der Waals surface area contributed by atoms with Gasteiger partial charge in [-0.05, 0) is 30.3 Å². The normalized spacial score (nSPS) is 11.7. The summed E-state index contributed by atoms with van der Waals surface area (Å²) in [7, 11) is -3.67. The molecule has 0 bridgehead atoms. The average molecular weight is 405 g/mol. The van der Waals surface area contributed by atoms with E-state index < -0.39 is 16.0 Å². The number of ether oxygens (including phenoxy) is 1. The SMILES string of the molecule is CCN(CC)S(=O)(=O)c1cccc(C(=O)OCc2nnc(-c3ccco3)o2)c1. The first-order chi connectivity index (χ1) is 13.5. The molecular weight excluding hydrogens is 386 g/mol. The molecule has 0 saturated carbocycles. The molecule has 3 rings (SSSR count). The summed E-state index contributed by atoms with van der Waals surface area (Å²) in [6, 6.07) is 9.04. The number of nitrogens with zero attached hydrogens (tertiary/aromatic N) is 3. The van der Waals surface area contributed by atoms with Crippen LogP contribution in [0.15, 0.2) is 56.4 Å². The van der Waals surface area contributed by atoms with Crippen LogP contribution in [0.2, 0.25) is 0 Å². The van der Waals surface area contributed by atoms with Crippen LogP contribution in [0.5, 0.6) is 0 Å². The lowest BCUT2D eigenvalue weighted by atomic mass is 10.2. The van der Waals surface area contributed by atoms with Gasteiger partial charge in [0.05, 0.1) is 16.7 Å². The van der Waals surface area contributed by atoms with Crippen LogP contribution in [-0.4, -0.2) is 42.0 Å². The van der Waals surface area contributed by atoms with Crippen LogP contribution in [0.3, 0.4) is 0 Å². The van der Waals surface area contributed by atoms with E-state index in [2.05, 4.69) is 10.2 Å². The first-order valence-electron chi connectivity index (χ1n) is 8.59. The Morgan fingerprint density at radius 2 is 1.93 bits per heavy atom. The first-order valence-corrected chi connectivity index (χ1v) is 10.0. The van der Waals surface area contributed by atoms with Crippen molar-refractivity contribution in [3.8, 4) is 11.7 Å². The van der Waals surface area contributed by atoms with E-state index in [1.54, 1.807) is 26.0 Å². The van der Waals surface area contributed by atoms with Gasteiger partial charge < -0.3 is 13.6 Å². The third-order valence-corrected chi connectivity index (χ3v) is 5.98. The lowest BCUT2D eigenvalue weighted by Gasteiger charge is -2.18. The molecule has 0 aliphatic carbocycles. The van der Waals surface area contributed by atoms with Crippen LogP contribution >= 0.6 is 0 Å². The Bertz CT molecular complexity index is 1040. The Kier molecular flexibility index (Phi) is 5.90. The van der Waals surface area contributed by atoms with Crippen LogP contribution in [0.1, 0.15) is 30.1 Å². The molecule has 9 nitrogen and oxygen atoms in total. The monoisotopic (exact) mass is 405 g/mol. The van der Waals surface area contributed by atoms with E-state index in [4.69, 9.17) is 13.6 Å². The van der Waals surface area contributed by atoms with Gasteiger partial charge in [0.15, 0.2) is 12.4 Å². The number of sulfonamides is 1. The smallest absolute Gasteiger partial charge is 0.338 e. The van der Waals surface area contributed by atoms with E-state index >= 15 is 0 Å². The molecule has 2 heterocycles. The summed E-state index contributed by atoms with van der Waals surface area (Å²) >= 11 is 0. The molecule has 0 unspecified atom stereocenters. The molecule has 10 heteroatoms. The zero-order valence-corrected chi connectivity index (χ0v) is 16.2. The number of hydrogen-bond acceptors (Lipinski definition) is 8. The molecule has 0 N–H and O–H groups in total. The average Bonchev–Trinajstić information content (AvgIpc) is 3.38. The molecule has 0 aliphatic rings. The van der Waals surface area contributed by atoms with Gasteiger partial charge in [0.2, 0.25) is 10.0 Å². The van der Waals surface area contributed by atoms with Crippen LogP contribution in [0, 0.1) is 0 Å². The van der Waals surface area contributed by atoms with Crippen molar-refractivity contribution in [1.29, 1.82) is 0 Å². The van der Waals surface area contributed by atoms with Gasteiger partial charge in [-0.3, -0.25) is 0 Å². The molecule has 0 aliphatic heterocycles. The number of benzene rings is 1. The Morgan fingerprint density at radius 1 is 1.14 bits per heavy atom. The van der Waals surface area contributed by atoms with E-state index in [9.17, 15) is 13.2 Å². The van der Waals surface area contributed by atoms with Gasteiger partial charge >= 0.3 is 5.97 Å². The van der Waals surface area contributed by atoms with Gasteiger partial charge in [0.25, 0.3) is 11.8 Å². The minimum absolute atomic E-state index is 0.0311. The highest BCUT2D eigenvalue weighted by atomic mass is 32.2.